The van der Waals surface area contributed by atoms with Crippen molar-refractivity contribution < 1.29 is 23.8 Å². The van der Waals surface area contributed by atoms with E-state index in [1.54, 1.807) is 23.1 Å². The molecule has 2 saturated heterocycles. The van der Waals surface area contributed by atoms with E-state index >= 15 is 0 Å². The first-order valence-corrected chi connectivity index (χ1v) is 20.0. The van der Waals surface area contributed by atoms with Gasteiger partial charge in [0.2, 0.25) is 5.91 Å². The van der Waals surface area contributed by atoms with Crippen LogP contribution >= 0.6 is 0 Å². The van der Waals surface area contributed by atoms with E-state index in [-0.39, 0.29) is 29.5 Å². The van der Waals surface area contributed by atoms with Crippen LogP contribution in [-0.4, -0.2) is 72.1 Å². The van der Waals surface area contributed by atoms with Gasteiger partial charge in [-0.25, -0.2) is 4.39 Å². The molecule has 0 bridgehead atoms. The van der Waals surface area contributed by atoms with Crippen LogP contribution in [0.5, 0.6) is 11.5 Å². The van der Waals surface area contributed by atoms with Crippen molar-refractivity contribution >= 4 is 17.5 Å². The van der Waals surface area contributed by atoms with Crippen molar-refractivity contribution in [2.75, 3.05) is 44.2 Å². The van der Waals surface area contributed by atoms with Gasteiger partial charge in [0.15, 0.2) is 0 Å². The summed E-state index contributed by atoms with van der Waals surface area (Å²) in [5.41, 5.74) is 8.33. The van der Waals surface area contributed by atoms with Gasteiger partial charge in [0, 0.05) is 55.6 Å². The number of carbonyl (C=O) groups excluding carboxylic acids is 2. The van der Waals surface area contributed by atoms with Gasteiger partial charge < -0.3 is 25.0 Å². The van der Waals surface area contributed by atoms with Crippen molar-refractivity contribution in [2.45, 2.75) is 62.9 Å². The molecule has 0 aromatic heterocycles. The van der Waals surface area contributed by atoms with Gasteiger partial charge >= 0.3 is 0 Å². The van der Waals surface area contributed by atoms with E-state index in [0.717, 1.165) is 80.4 Å². The zero-order chi connectivity index (χ0) is 37.6. The summed E-state index contributed by atoms with van der Waals surface area (Å²) in [7, 11) is 0. The predicted molar refractivity (Wildman–Crippen MR) is 211 cm³/mol. The molecule has 1 unspecified atom stereocenters. The molecular weight excluding hydrogens is 692 g/mol. The molecular formula is C46H49FN4O4. The minimum absolute atomic E-state index is 0.0531. The molecule has 9 rings (SSSR count). The Hall–Kier alpha value is -5.15. The number of hydrogen-bond acceptors (Lipinski definition) is 6. The number of aromatic hydroxyl groups is 1. The number of fused-ring (bicyclic) bond motifs is 2. The van der Waals surface area contributed by atoms with Crippen molar-refractivity contribution in [1.82, 2.24) is 15.1 Å². The number of rotatable bonds is 10. The molecule has 3 heterocycles. The number of hydrogen-bond donors (Lipinski definition) is 2. The fourth-order valence-electron chi connectivity index (χ4n) is 9.55. The zero-order valence-electron chi connectivity index (χ0n) is 31.3. The lowest BCUT2D eigenvalue weighted by Crippen LogP contribution is -2.49. The third-order valence-corrected chi connectivity index (χ3v) is 12.8. The molecule has 4 aromatic rings. The Morgan fingerprint density at radius 2 is 1.62 bits per heavy atom. The molecule has 2 N–H and O–H groups in total. The second kappa shape index (κ2) is 14.8. The molecule has 2 amide bonds. The highest BCUT2D eigenvalue weighted by atomic mass is 19.1. The molecule has 4 aromatic carbocycles. The van der Waals surface area contributed by atoms with Crippen LogP contribution in [0.15, 0.2) is 97.2 Å². The first-order valence-electron chi connectivity index (χ1n) is 20.0. The number of halogens is 1. The molecule has 0 radical (unpaired) electrons. The Labute approximate surface area is 322 Å². The van der Waals surface area contributed by atoms with E-state index in [9.17, 15) is 19.1 Å². The van der Waals surface area contributed by atoms with Crippen LogP contribution in [0.1, 0.15) is 82.1 Å². The molecule has 0 spiro atoms. The Morgan fingerprint density at radius 3 is 2.40 bits per heavy atom. The highest BCUT2D eigenvalue weighted by Gasteiger charge is 2.39. The van der Waals surface area contributed by atoms with Gasteiger partial charge in [0.05, 0.1) is 6.61 Å². The number of amides is 2. The van der Waals surface area contributed by atoms with Crippen molar-refractivity contribution in [3.63, 3.8) is 0 Å². The fraction of sp³-hybridized carbons (Fsp3) is 0.391. The van der Waals surface area contributed by atoms with E-state index in [4.69, 9.17) is 4.74 Å². The summed E-state index contributed by atoms with van der Waals surface area (Å²) in [4.78, 5) is 32.5. The van der Waals surface area contributed by atoms with Gasteiger partial charge in [-0.3, -0.25) is 14.5 Å². The number of aryl methyl sites for hydroxylation is 1. The molecule has 1 saturated carbocycles. The normalized spacial score (nSPS) is 25.0. The minimum Gasteiger partial charge on any atom is -0.508 e. The average Bonchev–Trinajstić information content (AvgIpc) is 3.88. The van der Waals surface area contributed by atoms with Crippen molar-refractivity contribution in [3.05, 3.63) is 136 Å². The SMILES string of the molecule is C=C1CCC(N2Cc3cc(N4CCN(CC[C@@H]5C[C@@H]5COc5ccc([C@@H]6c7ccc(O)cc7CC[C@@H]6c6ccc(F)cc6)cc5)CC4)ccc3C2=O)C(=O)N1. The Kier molecular flexibility index (Phi) is 9.58. The summed E-state index contributed by atoms with van der Waals surface area (Å²) in [6, 6.07) is 26.9. The number of nitrogens with zero attached hydrogens (tertiary/aromatic N) is 3. The van der Waals surface area contributed by atoms with Crippen LogP contribution in [-0.2, 0) is 17.8 Å². The topological polar surface area (TPSA) is 85.4 Å². The smallest absolute Gasteiger partial charge is 0.255 e. The maximum Gasteiger partial charge on any atom is 0.255 e. The summed E-state index contributed by atoms with van der Waals surface area (Å²) in [6.07, 6.45) is 5.53. The summed E-state index contributed by atoms with van der Waals surface area (Å²) in [5, 5.41) is 13.0. The highest BCUT2D eigenvalue weighted by Crippen LogP contribution is 2.47. The number of phenols is 1. The third-order valence-electron chi connectivity index (χ3n) is 12.8. The van der Waals surface area contributed by atoms with E-state index in [2.05, 4.69) is 58.1 Å². The lowest BCUT2D eigenvalue weighted by molar-refractivity contribution is -0.126. The van der Waals surface area contributed by atoms with Gasteiger partial charge in [0.25, 0.3) is 5.91 Å². The maximum absolute atomic E-state index is 13.8. The highest BCUT2D eigenvalue weighted by molar-refractivity contribution is 6.01. The van der Waals surface area contributed by atoms with E-state index in [1.807, 2.05) is 30.3 Å². The van der Waals surface area contributed by atoms with Crippen LogP contribution in [0.2, 0.25) is 0 Å². The van der Waals surface area contributed by atoms with Crippen molar-refractivity contribution in [1.29, 1.82) is 0 Å². The lowest BCUT2D eigenvalue weighted by Gasteiger charge is -2.36. The number of allylic oxidation sites excluding steroid dienone is 1. The Bertz CT molecular complexity index is 2090. The second-order valence-electron chi connectivity index (χ2n) is 16.2. The van der Waals surface area contributed by atoms with Crippen LogP contribution < -0.4 is 15.0 Å². The molecule has 9 heteroatoms. The molecule has 284 valence electrons. The van der Waals surface area contributed by atoms with Crippen LogP contribution in [0.4, 0.5) is 10.1 Å². The summed E-state index contributed by atoms with van der Waals surface area (Å²) < 4.78 is 20.1. The lowest BCUT2D eigenvalue weighted by atomic mass is 9.69. The van der Waals surface area contributed by atoms with Gasteiger partial charge in [-0.15, -0.1) is 0 Å². The molecule has 55 heavy (non-hydrogen) atoms. The van der Waals surface area contributed by atoms with Gasteiger partial charge in [0.1, 0.15) is 23.4 Å². The number of anilines is 1. The number of nitrogens with one attached hydrogen (secondary N) is 1. The average molecular weight is 741 g/mol. The van der Waals surface area contributed by atoms with Crippen LogP contribution in [0.25, 0.3) is 0 Å². The first-order chi connectivity index (χ1) is 26.8. The van der Waals surface area contributed by atoms with Gasteiger partial charge in [-0.1, -0.05) is 36.9 Å². The van der Waals surface area contributed by atoms with Gasteiger partial charge in [-0.2, -0.15) is 0 Å². The molecule has 2 aliphatic carbocycles. The van der Waals surface area contributed by atoms with Gasteiger partial charge in [-0.05, 0) is 145 Å². The number of benzene rings is 4. The number of piperidine rings is 1. The molecule has 8 nitrogen and oxygen atoms in total. The minimum atomic E-state index is -0.436. The largest absolute Gasteiger partial charge is 0.508 e. The third kappa shape index (κ3) is 7.34. The number of piperazine rings is 1. The summed E-state index contributed by atoms with van der Waals surface area (Å²) in [6.45, 7) is 10.1. The van der Waals surface area contributed by atoms with E-state index in [1.165, 1.54) is 29.5 Å². The second-order valence-corrected chi connectivity index (χ2v) is 16.2. The number of ether oxygens (including phenoxy) is 1. The molecule has 5 aliphatic rings. The fourth-order valence-corrected chi connectivity index (χ4v) is 9.55. The van der Waals surface area contributed by atoms with E-state index < -0.39 is 6.04 Å². The first kappa shape index (κ1) is 35.5. The quantitative estimate of drug-likeness (QED) is 0.177. The van der Waals surface area contributed by atoms with Crippen molar-refractivity contribution in [2.24, 2.45) is 11.8 Å². The number of phenolic OH excluding ortho intramolecular Hbond substituents is 1. The molecule has 3 aliphatic heterocycles. The summed E-state index contributed by atoms with van der Waals surface area (Å²) in [5.74, 6) is 2.40. The Balaban J connectivity index is 0.741. The standard InChI is InChI=1S/C46H49FN4O4/c1-29-2-17-43(45(53)48-29)51-27-34-25-37(10-15-42(34)46(51)54)50-22-20-49(21-23-50)19-18-32-24-35(32)28-55-39-12-5-31(6-13-39)44-40(30-3-8-36(47)9-4-30)14-7-33-26-38(52)11-16-41(33)44/h3-6,8-13,15-16,25-26,32,35,40,43-44,52H,1-2,7,14,17-24,27-28H2,(H,48,53)/t32-,35-,40-,43?,44+/m1/s1. The monoisotopic (exact) mass is 740 g/mol. The van der Waals surface area contributed by atoms with Crippen molar-refractivity contribution in [3.8, 4) is 11.5 Å². The maximum atomic E-state index is 13.8. The zero-order valence-corrected chi connectivity index (χ0v) is 31.3. The van der Waals surface area contributed by atoms with E-state index in [0.29, 0.717) is 42.5 Å². The Morgan fingerprint density at radius 1 is 0.836 bits per heavy atom. The molecule has 3 fully saturated rings. The van der Waals surface area contributed by atoms with Crippen LogP contribution in [0, 0.1) is 17.7 Å². The predicted octanol–water partition coefficient (Wildman–Crippen LogP) is 7.37. The summed E-state index contributed by atoms with van der Waals surface area (Å²) >= 11 is 0. The number of carbonyl (C=O) groups is 2. The van der Waals surface area contributed by atoms with Crippen LogP contribution in [0.3, 0.4) is 0 Å². The molecule has 5 atom stereocenters.